The van der Waals surface area contributed by atoms with Crippen LogP contribution in [0.5, 0.6) is 5.75 Å². The Morgan fingerprint density at radius 3 is 2.52 bits per heavy atom. The summed E-state index contributed by atoms with van der Waals surface area (Å²) >= 11 is 0. The summed E-state index contributed by atoms with van der Waals surface area (Å²) < 4.78 is 9.94. The lowest BCUT2D eigenvalue weighted by atomic mass is 10.0. The predicted molar refractivity (Wildman–Crippen MR) is 95.9 cm³/mol. The van der Waals surface area contributed by atoms with Crippen LogP contribution in [-0.4, -0.2) is 38.2 Å². The van der Waals surface area contributed by atoms with Crippen molar-refractivity contribution >= 4 is 11.9 Å². The van der Waals surface area contributed by atoms with Crippen molar-refractivity contribution in [1.82, 2.24) is 5.32 Å². The van der Waals surface area contributed by atoms with Gasteiger partial charge in [-0.05, 0) is 24.5 Å². The van der Waals surface area contributed by atoms with Gasteiger partial charge in [0.2, 0.25) is 5.91 Å². The van der Waals surface area contributed by atoms with Crippen molar-refractivity contribution in [1.29, 1.82) is 0 Å². The molecule has 2 atom stereocenters. The predicted octanol–water partition coefficient (Wildman–Crippen LogP) is 1.47. The molecule has 0 fully saturated rings. The molecule has 1 aromatic carbocycles. The highest BCUT2D eigenvalue weighted by Crippen LogP contribution is 2.15. The highest BCUT2D eigenvalue weighted by molar-refractivity contribution is 5.87. The molecule has 0 radical (unpaired) electrons. The standard InChI is InChI=1S/C19H26N2O4/c1-13(2)12-16(19(23)25-4)21-18(22)15(20)10-7-9-14-8-5-6-11-17(14)24-3/h5-6,8,11,13,15-16H,10,12,20H2,1-4H3,(H,21,22)/t15-,16-/m0/s1. The van der Waals surface area contributed by atoms with E-state index in [0.29, 0.717) is 12.2 Å². The van der Waals surface area contributed by atoms with E-state index in [1.54, 1.807) is 7.11 Å². The molecule has 25 heavy (non-hydrogen) atoms. The second-order valence-corrected chi connectivity index (χ2v) is 6.03. The molecule has 1 amide bonds. The normalized spacial score (nSPS) is 12.6. The van der Waals surface area contributed by atoms with Crippen LogP contribution < -0.4 is 15.8 Å². The number of ether oxygens (including phenoxy) is 2. The summed E-state index contributed by atoms with van der Waals surface area (Å²) in [6, 6.07) is 5.81. The molecule has 0 aliphatic rings. The molecule has 0 aliphatic heterocycles. The van der Waals surface area contributed by atoms with Gasteiger partial charge in [0, 0.05) is 6.42 Å². The van der Waals surface area contributed by atoms with Crippen LogP contribution in [0, 0.1) is 17.8 Å². The number of carbonyl (C=O) groups excluding carboxylic acids is 2. The smallest absolute Gasteiger partial charge is 0.328 e. The highest BCUT2D eigenvalue weighted by Gasteiger charge is 2.24. The summed E-state index contributed by atoms with van der Waals surface area (Å²) in [6.45, 7) is 3.92. The SMILES string of the molecule is COC(=O)[C@H](CC(C)C)NC(=O)[C@@H](N)CC#Cc1ccccc1OC. The number of nitrogens with two attached hydrogens (primary N) is 1. The summed E-state index contributed by atoms with van der Waals surface area (Å²) in [4.78, 5) is 23.9. The molecule has 136 valence electrons. The Morgan fingerprint density at radius 1 is 1.24 bits per heavy atom. The van der Waals surface area contributed by atoms with Gasteiger partial charge in [-0.25, -0.2) is 4.79 Å². The maximum Gasteiger partial charge on any atom is 0.328 e. The van der Waals surface area contributed by atoms with Gasteiger partial charge in [-0.15, -0.1) is 0 Å². The van der Waals surface area contributed by atoms with Gasteiger partial charge >= 0.3 is 5.97 Å². The molecule has 0 spiro atoms. The number of nitrogens with one attached hydrogen (secondary N) is 1. The molecule has 0 saturated carbocycles. The van der Waals surface area contributed by atoms with Gasteiger partial charge in [0.15, 0.2) is 0 Å². The summed E-state index contributed by atoms with van der Waals surface area (Å²) in [5.41, 5.74) is 6.60. The third kappa shape index (κ3) is 6.86. The molecule has 6 heteroatoms. The minimum Gasteiger partial charge on any atom is -0.495 e. The van der Waals surface area contributed by atoms with Crippen LogP contribution in [0.25, 0.3) is 0 Å². The number of hydrogen-bond donors (Lipinski definition) is 2. The van der Waals surface area contributed by atoms with Gasteiger partial charge in [-0.1, -0.05) is 37.8 Å². The van der Waals surface area contributed by atoms with Crippen LogP contribution in [-0.2, 0) is 14.3 Å². The molecular weight excluding hydrogens is 320 g/mol. The average molecular weight is 346 g/mol. The Morgan fingerprint density at radius 2 is 1.92 bits per heavy atom. The number of para-hydroxylation sites is 1. The third-order valence-corrected chi connectivity index (χ3v) is 3.50. The van der Waals surface area contributed by atoms with E-state index in [9.17, 15) is 9.59 Å². The van der Waals surface area contributed by atoms with Crippen molar-refractivity contribution in [3.63, 3.8) is 0 Å². The van der Waals surface area contributed by atoms with Crippen molar-refractivity contribution < 1.29 is 19.1 Å². The molecular formula is C19H26N2O4. The fraction of sp³-hybridized carbons (Fsp3) is 0.474. The summed E-state index contributed by atoms with van der Waals surface area (Å²) in [6.07, 6.45) is 0.650. The van der Waals surface area contributed by atoms with E-state index in [4.69, 9.17) is 15.2 Å². The topological polar surface area (TPSA) is 90.7 Å². The maximum absolute atomic E-state index is 12.2. The van der Waals surface area contributed by atoms with E-state index in [1.807, 2.05) is 38.1 Å². The molecule has 1 aromatic rings. The van der Waals surface area contributed by atoms with Gasteiger partial charge in [-0.3, -0.25) is 4.79 Å². The Balaban J connectivity index is 2.67. The number of carbonyl (C=O) groups is 2. The van der Waals surface area contributed by atoms with Gasteiger partial charge in [-0.2, -0.15) is 0 Å². The van der Waals surface area contributed by atoms with E-state index in [0.717, 1.165) is 5.56 Å². The molecule has 0 saturated heterocycles. The average Bonchev–Trinajstić information content (AvgIpc) is 2.60. The minimum absolute atomic E-state index is 0.166. The number of rotatable bonds is 7. The van der Waals surface area contributed by atoms with E-state index < -0.39 is 24.0 Å². The van der Waals surface area contributed by atoms with Crippen LogP contribution in [0.2, 0.25) is 0 Å². The van der Waals surface area contributed by atoms with Crippen LogP contribution >= 0.6 is 0 Å². The van der Waals surface area contributed by atoms with E-state index in [1.165, 1.54) is 7.11 Å². The Labute approximate surface area is 149 Å². The molecule has 0 aliphatic carbocycles. The Kier molecular flexibility index (Phi) is 8.51. The van der Waals surface area contributed by atoms with E-state index in [2.05, 4.69) is 17.2 Å². The van der Waals surface area contributed by atoms with Crippen LogP contribution in [0.4, 0.5) is 0 Å². The van der Waals surface area contributed by atoms with Crippen LogP contribution in [0.15, 0.2) is 24.3 Å². The van der Waals surface area contributed by atoms with Crippen molar-refractivity contribution in [3.8, 4) is 17.6 Å². The largest absolute Gasteiger partial charge is 0.495 e. The minimum atomic E-state index is -0.832. The first kappa shape index (κ1) is 20.5. The molecule has 0 heterocycles. The van der Waals surface area contributed by atoms with Crippen molar-refractivity contribution in [3.05, 3.63) is 29.8 Å². The zero-order valence-corrected chi connectivity index (χ0v) is 15.2. The lowest BCUT2D eigenvalue weighted by molar-refractivity contribution is -0.145. The molecule has 0 bridgehead atoms. The van der Waals surface area contributed by atoms with E-state index in [-0.39, 0.29) is 12.3 Å². The van der Waals surface area contributed by atoms with Gasteiger partial charge in [0.1, 0.15) is 11.8 Å². The first-order valence-electron chi connectivity index (χ1n) is 8.14. The molecule has 3 N–H and O–H groups in total. The van der Waals surface area contributed by atoms with E-state index >= 15 is 0 Å². The number of methoxy groups -OCH3 is 2. The number of esters is 1. The fourth-order valence-corrected chi connectivity index (χ4v) is 2.20. The molecule has 1 rings (SSSR count). The molecule has 0 unspecified atom stereocenters. The van der Waals surface area contributed by atoms with Gasteiger partial charge < -0.3 is 20.5 Å². The first-order chi connectivity index (χ1) is 11.9. The van der Waals surface area contributed by atoms with Crippen LogP contribution in [0.1, 0.15) is 32.3 Å². The second kappa shape index (κ2) is 10.4. The second-order valence-electron chi connectivity index (χ2n) is 6.03. The summed E-state index contributed by atoms with van der Waals surface area (Å²) in [5, 5.41) is 2.64. The van der Waals surface area contributed by atoms with Crippen LogP contribution in [0.3, 0.4) is 0 Å². The maximum atomic E-state index is 12.2. The van der Waals surface area contributed by atoms with Gasteiger partial charge in [0.25, 0.3) is 0 Å². The monoisotopic (exact) mass is 346 g/mol. The lowest BCUT2D eigenvalue weighted by Gasteiger charge is -2.19. The summed E-state index contributed by atoms with van der Waals surface area (Å²) in [7, 11) is 2.86. The summed E-state index contributed by atoms with van der Waals surface area (Å²) in [5.74, 6) is 5.81. The number of amides is 1. The number of benzene rings is 1. The first-order valence-corrected chi connectivity index (χ1v) is 8.14. The Hall–Kier alpha value is -2.52. The zero-order chi connectivity index (χ0) is 18.8. The highest BCUT2D eigenvalue weighted by atomic mass is 16.5. The zero-order valence-electron chi connectivity index (χ0n) is 15.2. The molecule has 0 aromatic heterocycles. The van der Waals surface area contributed by atoms with Crippen molar-refractivity contribution in [2.45, 2.75) is 38.8 Å². The fourth-order valence-electron chi connectivity index (χ4n) is 2.20. The quantitative estimate of drug-likeness (QED) is 0.576. The van der Waals surface area contributed by atoms with Gasteiger partial charge in [0.05, 0.1) is 25.8 Å². The Bertz CT molecular complexity index is 646. The number of hydrogen-bond acceptors (Lipinski definition) is 5. The van der Waals surface area contributed by atoms with Crippen molar-refractivity contribution in [2.24, 2.45) is 11.7 Å². The molecule has 6 nitrogen and oxygen atoms in total. The third-order valence-electron chi connectivity index (χ3n) is 3.50. The van der Waals surface area contributed by atoms with Crippen molar-refractivity contribution in [2.75, 3.05) is 14.2 Å². The lowest BCUT2D eigenvalue weighted by Crippen LogP contribution is -2.49.